The largest absolute Gasteiger partial charge is 0.468 e. The molecule has 2 N–H and O–H groups in total. The molecule has 0 spiro atoms. The zero-order chi connectivity index (χ0) is 27.0. The van der Waals surface area contributed by atoms with E-state index in [1.165, 1.54) is 12.0 Å². The van der Waals surface area contributed by atoms with Crippen molar-refractivity contribution < 1.29 is 28.7 Å². The van der Waals surface area contributed by atoms with Crippen LogP contribution in [0.15, 0.2) is 24.3 Å². The summed E-state index contributed by atoms with van der Waals surface area (Å²) >= 11 is 0. The number of hydrogen-bond acceptors (Lipinski definition) is 6. The normalized spacial score (nSPS) is 14.7. The van der Waals surface area contributed by atoms with Crippen LogP contribution in [0.25, 0.3) is 0 Å². The van der Waals surface area contributed by atoms with Gasteiger partial charge in [-0.1, -0.05) is 38.0 Å². The van der Waals surface area contributed by atoms with Crippen molar-refractivity contribution in [3.8, 4) is 12.3 Å². The first-order valence-corrected chi connectivity index (χ1v) is 12.1. The zero-order valence-corrected chi connectivity index (χ0v) is 21.9. The fraction of sp³-hybridized carbons (Fsp3) is 0.556. The number of rotatable bonds is 10. The van der Waals surface area contributed by atoms with Gasteiger partial charge in [0.25, 0.3) is 0 Å². The molecule has 1 aliphatic rings. The first kappa shape index (κ1) is 28.7. The van der Waals surface area contributed by atoms with Gasteiger partial charge in [0.1, 0.15) is 24.2 Å². The van der Waals surface area contributed by atoms with E-state index < -0.39 is 41.6 Å². The Morgan fingerprint density at radius 2 is 1.81 bits per heavy atom. The molecule has 0 saturated heterocycles. The van der Waals surface area contributed by atoms with Gasteiger partial charge in [-0.2, -0.15) is 0 Å². The molecule has 1 aromatic carbocycles. The maximum atomic E-state index is 14.0. The molecule has 2 unspecified atom stereocenters. The van der Waals surface area contributed by atoms with Gasteiger partial charge in [0.15, 0.2) is 0 Å². The van der Waals surface area contributed by atoms with E-state index in [2.05, 4.69) is 21.3 Å². The van der Waals surface area contributed by atoms with Crippen LogP contribution in [0.5, 0.6) is 0 Å². The summed E-state index contributed by atoms with van der Waals surface area (Å²) in [5.74, 6) is 1.04. The first-order chi connectivity index (χ1) is 16.9. The van der Waals surface area contributed by atoms with E-state index in [0.717, 1.165) is 0 Å². The Kier molecular flexibility index (Phi) is 9.91. The van der Waals surface area contributed by atoms with Crippen LogP contribution in [-0.2, 0) is 23.9 Å². The number of methoxy groups -OCH3 is 1. The van der Waals surface area contributed by atoms with Crippen LogP contribution in [0.3, 0.4) is 0 Å². The fourth-order valence-corrected chi connectivity index (χ4v) is 3.81. The molecule has 1 saturated carbocycles. The lowest BCUT2D eigenvalue weighted by molar-refractivity contribution is -0.145. The first-order valence-electron chi connectivity index (χ1n) is 12.1. The smallest absolute Gasteiger partial charge is 0.408 e. The minimum absolute atomic E-state index is 0.0690. The van der Waals surface area contributed by atoms with Crippen molar-refractivity contribution in [2.75, 3.05) is 13.7 Å². The van der Waals surface area contributed by atoms with Gasteiger partial charge in [-0.3, -0.25) is 14.4 Å². The van der Waals surface area contributed by atoms with E-state index in [9.17, 15) is 19.2 Å². The zero-order valence-electron chi connectivity index (χ0n) is 21.9. The summed E-state index contributed by atoms with van der Waals surface area (Å²) in [6, 6.07) is 4.63. The standard InChI is InChI=1S/C27H37N3O6/c1-8-18-11-9-10-12-20(18)23(24(32)28-16-22(31)35-7)30(19-13-14-19)25(33)21(15-17(2)3)29-26(34)36-27(4,5)6/h1,9-12,17,19,21,23H,13-16H2,2-7H3,(H,28,32)(H,29,34). The molecular weight excluding hydrogens is 462 g/mol. The number of ether oxygens (including phenoxy) is 2. The number of hydrogen-bond donors (Lipinski definition) is 2. The predicted octanol–water partition coefficient (Wildman–Crippen LogP) is 2.93. The van der Waals surface area contributed by atoms with Crippen molar-refractivity contribution in [3.63, 3.8) is 0 Å². The van der Waals surface area contributed by atoms with E-state index in [-0.39, 0.29) is 18.5 Å². The fourth-order valence-electron chi connectivity index (χ4n) is 3.81. The number of nitrogens with one attached hydrogen (secondary N) is 2. The van der Waals surface area contributed by atoms with Crippen LogP contribution in [0.2, 0.25) is 0 Å². The van der Waals surface area contributed by atoms with Crippen LogP contribution in [0.4, 0.5) is 4.79 Å². The van der Waals surface area contributed by atoms with Gasteiger partial charge in [0.05, 0.1) is 7.11 Å². The van der Waals surface area contributed by atoms with Crippen molar-refractivity contribution in [3.05, 3.63) is 35.4 Å². The van der Waals surface area contributed by atoms with Crippen molar-refractivity contribution in [2.45, 2.75) is 77.6 Å². The molecule has 1 aliphatic carbocycles. The Bertz CT molecular complexity index is 1000. The number of terminal acetylenes is 1. The molecule has 0 bridgehead atoms. The minimum atomic E-state index is -1.10. The van der Waals surface area contributed by atoms with Gasteiger partial charge < -0.3 is 25.0 Å². The molecule has 36 heavy (non-hydrogen) atoms. The van der Waals surface area contributed by atoms with Crippen LogP contribution in [0.1, 0.15) is 71.0 Å². The minimum Gasteiger partial charge on any atom is -0.468 e. The highest BCUT2D eigenvalue weighted by atomic mass is 16.6. The molecule has 2 atom stereocenters. The van der Waals surface area contributed by atoms with Crippen LogP contribution >= 0.6 is 0 Å². The Labute approximate surface area is 213 Å². The Morgan fingerprint density at radius 1 is 1.17 bits per heavy atom. The molecule has 9 nitrogen and oxygen atoms in total. The number of carbonyl (C=O) groups excluding carboxylic acids is 4. The molecule has 196 valence electrons. The Balaban J connectivity index is 2.49. The highest BCUT2D eigenvalue weighted by molar-refractivity contribution is 5.94. The molecule has 0 radical (unpaired) electrons. The lowest BCUT2D eigenvalue weighted by Crippen LogP contribution is -2.54. The highest BCUT2D eigenvalue weighted by Crippen LogP contribution is 2.37. The maximum absolute atomic E-state index is 14.0. The molecule has 0 aromatic heterocycles. The van der Waals surface area contributed by atoms with Crippen molar-refractivity contribution in [2.24, 2.45) is 5.92 Å². The molecule has 0 aliphatic heterocycles. The maximum Gasteiger partial charge on any atom is 0.408 e. The van der Waals surface area contributed by atoms with Gasteiger partial charge in [0.2, 0.25) is 11.8 Å². The summed E-state index contributed by atoms with van der Waals surface area (Å²) in [6.07, 6.45) is 6.74. The van der Waals surface area contributed by atoms with Crippen molar-refractivity contribution in [1.82, 2.24) is 15.5 Å². The third-order valence-electron chi connectivity index (χ3n) is 5.46. The quantitative estimate of drug-likeness (QED) is 0.378. The van der Waals surface area contributed by atoms with Gasteiger partial charge >= 0.3 is 12.1 Å². The summed E-state index contributed by atoms with van der Waals surface area (Å²) in [5.41, 5.74) is 0.172. The Morgan fingerprint density at radius 3 is 2.33 bits per heavy atom. The summed E-state index contributed by atoms with van der Waals surface area (Å²) < 4.78 is 10.0. The van der Waals surface area contributed by atoms with E-state index in [0.29, 0.717) is 30.4 Å². The molecule has 0 heterocycles. The molecule has 1 aromatic rings. The average molecular weight is 500 g/mol. The summed E-state index contributed by atoms with van der Waals surface area (Å²) in [7, 11) is 1.22. The van der Waals surface area contributed by atoms with Gasteiger partial charge in [-0.25, -0.2) is 4.79 Å². The van der Waals surface area contributed by atoms with Crippen molar-refractivity contribution in [1.29, 1.82) is 0 Å². The highest BCUT2D eigenvalue weighted by Gasteiger charge is 2.44. The number of carbonyl (C=O) groups is 4. The molecule has 9 heteroatoms. The lowest BCUT2D eigenvalue weighted by atomic mass is 9.96. The second-order valence-electron chi connectivity index (χ2n) is 10.2. The summed E-state index contributed by atoms with van der Waals surface area (Å²) in [6.45, 7) is 8.73. The monoisotopic (exact) mass is 499 g/mol. The average Bonchev–Trinajstić information content (AvgIpc) is 3.63. The van der Waals surface area contributed by atoms with E-state index >= 15 is 0 Å². The predicted molar refractivity (Wildman–Crippen MR) is 135 cm³/mol. The summed E-state index contributed by atoms with van der Waals surface area (Å²) in [4.78, 5) is 53.3. The molecule has 2 rings (SSSR count). The van der Waals surface area contributed by atoms with E-state index in [1.54, 1.807) is 45.0 Å². The Hall–Kier alpha value is -3.54. The van der Waals surface area contributed by atoms with Gasteiger partial charge in [-0.15, -0.1) is 6.42 Å². The SMILES string of the molecule is C#Cc1ccccc1C(C(=O)NCC(=O)OC)N(C(=O)C(CC(C)C)NC(=O)OC(C)(C)C)C1CC1. The van der Waals surface area contributed by atoms with Crippen LogP contribution < -0.4 is 10.6 Å². The number of esters is 1. The number of nitrogens with zero attached hydrogens (tertiary/aromatic N) is 1. The van der Waals surface area contributed by atoms with E-state index in [4.69, 9.17) is 11.2 Å². The number of benzene rings is 1. The summed E-state index contributed by atoms with van der Waals surface area (Å²) in [5, 5.41) is 5.27. The van der Waals surface area contributed by atoms with Crippen molar-refractivity contribution >= 4 is 23.9 Å². The molecule has 1 fully saturated rings. The third kappa shape index (κ3) is 8.29. The van der Waals surface area contributed by atoms with Gasteiger partial charge in [-0.05, 0) is 57.6 Å². The van der Waals surface area contributed by atoms with E-state index in [1.807, 2.05) is 13.8 Å². The van der Waals surface area contributed by atoms with Crippen LogP contribution in [0, 0.1) is 18.3 Å². The topological polar surface area (TPSA) is 114 Å². The van der Waals surface area contributed by atoms with Gasteiger partial charge in [0, 0.05) is 11.6 Å². The van der Waals surface area contributed by atoms with Crippen LogP contribution in [-0.4, -0.2) is 60.1 Å². The molecular formula is C27H37N3O6. The second-order valence-corrected chi connectivity index (χ2v) is 10.2. The number of alkyl carbamates (subject to hydrolysis) is 1. The lowest BCUT2D eigenvalue weighted by Gasteiger charge is -2.35. The second kappa shape index (κ2) is 12.4. The number of amides is 3. The third-order valence-corrected chi connectivity index (χ3v) is 5.46. The molecule has 3 amide bonds.